The van der Waals surface area contributed by atoms with Gasteiger partial charge in [0, 0.05) is 12.5 Å². The number of nitrogens with zero attached hydrogens (tertiary/aromatic N) is 1. The van der Waals surface area contributed by atoms with Crippen molar-refractivity contribution in [3.8, 4) is 5.75 Å². The van der Waals surface area contributed by atoms with Gasteiger partial charge < -0.3 is 15.0 Å². The Labute approximate surface area is 121 Å². The van der Waals surface area contributed by atoms with Crippen LogP contribution in [0.4, 0.5) is 5.69 Å². The minimum absolute atomic E-state index is 0.116. The molecule has 1 saturated carbocycles. The van der Waals surface area contributed by atoms with E-state index < -0.39 is 0 Å². The summed E-state index contributed by atoms with van der Waals surface area (Å²) in [5, 5.41) is 2.96. The Morgan fingerprint density at radius 1 is 1.30 bits per heavy atom. The number of ether oxygens (including phenoxy) is 1. The molecule has 1 fully saturated rings. The largest absolute Gasteiger partial charge is 0.490 e. The summed E-state index contributed by atoms with van der Waals surface area (Å²) >= 11 is 0. The van der Waals surface area contributed by atoms with Gasteiger partial charge in [0.05, 0.1) is 5.69 Å². The van der Waals surface area contributed by atoms with Gasteiger partial charge in [-0.2, -0.15) is 0 Å². The molecular weight excluding hydrogens is 252 g/mol. The van der Waals surface area contributed by atoms with E-state index in [1.807, 2.05) is 24.3 Å². The molecule has 1 aliphatic carbocycles. The van der Waals surface area contributed by atoms with Crippen LogP contribution in [-0.4, -0.2) is 37.0 Å². The number of hydrogen-bond donors (Lipinski definition) is 1. The molecule has 0 radical (unpaired) electrons. The van der Waals surface area contributed by atoms with Crippen LogP contribution in [0.1, 0.15) is 26.7 Å². The number of carbonyl (C=O) groups is 1. The fourth-order valence-electron chi connectivity index (χ4n) is 2.10. The second-order valence-corrected chi connectivity index (χ2v) is 5.14. The highest BCUT2D eigenvalue weighted by molar-refractivity contribution is 5.95. The molecule has 0 aromatic heterocycles. The summed E-state index contributed by atoms with van der Waals surface area (Å²) in [6, 6.07) is 7.65. The van der Waals surface area contributed by atoms with E-state index in [1.165, 1.54) is 0 Å². The number of hydrogen-bond acceptors (Lipinski definition) is 3. The van der Waals surface area contributed by atoms with Gasteiger partial charge in [-0.3, -0.25) is 4.79 Å². The number of likely N-dealkylation sites (N-methyl/N-ethyl adjacent to an activating group) is 1. The molecule has 1 aromatic rings. The fourth-order valence-corrected chi connectivity index (χ4v) is 2.10. The van der Waals surface area contributed by atoms with E-state index in [9.17, 15) is 4.79 Å². The minimum atomic E-state index is 0.116. The van der Waals surface area contributed by atoms with Crippen molar-refractivity contribution in [2.45, 2.75) is 26.7 Å². The van der Waals surface area contributed by atoms with Gasteiger partial charge in [0.15, 0.2) is 0 Å². The molecule has 1 aliphatic rings. The fraction of sp³-hybridized carbons (Fsp3) is 0.562. The average Bonchev–Trinajstić information content (AvgIpc) is 3.30. The van der Waals surface area contributed by atoms with Crippen molar-refractivity contribution < 1.29 is 9.53 Å². The first-order valence-electron chi connectivity index (χ1n) is 7.49. The zero-order chi connectivity index (χ0) is 14.4. The molecule has 0 heterocycles. The van der Waals surface area contributed by atoms with Crippen molar-refractivity contribution in [3.63, 3.8) is 0 Å². The van der Waals surface area contributed by atoms with Crippen molar-refractivity contribution in [3.05, 3.63) is 24.3 Å². The van der Waals surface area contributed by atoms with Gasteiger partial charge in [0.2, 0.25) is 5.91 Å². The Balaban J connectivity index is 1.88. The van der Waals surface area contributed by atoms with Crippen molar-refractivity contribution in [2.75, 3.05) is 31.6 Å². The molecule has 0 bridgehead atoms. The minimum Gasteiger partial charge on any atom is -0.490 e. The van der Waals surface area contributed by atoms with Gasteiger partial charge in [-0.1, -0.05) is 26.0 Å². The molecule has 0 unspecified atom stereocenters. The lowest BCUT2D eigenvalue weighted by molar-refractivity contribution is -0.117. The molecule has 1 aromatic carbocycles. The Morgan fingerprint density at radius 2 is 2.00 bits per heavy atom. The number of para-hydroxylation sites is 2. The maximum atomic E-state index is 11.8. The van der Waals surface area contributed by atoms with E-state index >= 15 is 0 Å². The Bertz CT molecular complexity index is 440. The highest BCUT2D eigenvalue weighted by Gasteiger charge is 2.29. The van der Waals surface area contributed by atoms with Crippen LogP contribution in [0.3, 0.4) is 0 Å². The molecule has 0 aliphatic heterocycles. The molecule has 4 nitrogen and oxygen atoms in total. The van der Waals surface area contributed by atoms with Crippen LogP contribution >= 0.6 is 0 Å². The van der Waals surface area contributed by atoms with Crippen LogP contribution in [0.25, 0.3) is 0 Å². The molecule has 20 heavy (non-hydrogen) atoms. The number of nitrogens with one attached hydrogen (secondary N) is 1. The van der Waals surface area contributed by atoms with Gasteiger partial charge in [-0.05, 0) is 38.1 Å². The van der Waals surface area contributed by atoms with Gasteiger partial charge in [0.25, 0.3) is 0 Å². The summed E-state index contributed by atoms with van der Waals surface area (Å²) in [5.74, 6) is 1.08. The van der Waals surface area contributed by atoms with Crippen molar-refractivity contribution in [1.29, 1.82) is 0 Å². The lowest BCUT2D eigenvalue weighted by atomic mass is 10.2. The number of amides is 1. The van der Waals surface area contributed by atoms with Gasteiger partial charge >= 0.3 is 0 Å². The van der Waals surface area contributed by atoms with E-state index in [2.05, 4.69) is 24.1 Å². The standard InChI is InChI=1S/C16H24N2O2/c1-3-18(4-2)11-12-20-15-8-6-5-7-14(15)17-16(19)13-9-10-13/h5-8,13H,3-4,9-12H2,1-2H3,(H,17,19). The maximum absolute atomic E-state index is 11.8. The molecule has 4 heteroatoms. The van der Waals surface area contributed by atoms with Crippen LogP contribution in [0.5, 0.6) is 5.75 Å². The predicted octanol–water partition coefficient (Wildman–Crippen LogP) is 2.76. The summed E-state index contributed by atoms with van der Waals surface area (Å²) in [6.07, 6.45) is 2.02. The highest BCUT2D eigenvalue weighted by atomic mass is 16.5. The molecule has 0 spiro atoms. The Kier molecular flexibility index (Phi) is 5.41. The first-order valence-corrected chi connectivity index (χ1v) is 7.49. The van der Waals surface area contributed by atoms with E-state index in [0.717, 1.165) is 43.9 Å². The third-order valence-electron chi connectivity index (χ3n) is 3.65. The lowest BCUT2D eigenvalue weighted by Gasteiger charge is -2.19. The molecule has 0 saturated heterocycles. The van der Waals surface area contributed by atoms with Crippen molar-refractivity contribution in [2.24, 2.45) is 5.92 Å². The molecule has 2 rings (SSSR count). The monoisotopic (exact) mass is 276 g/mol. The van der Waals surface area contributed by atoms with Crippen LogP contribution in [0, 0.1) is 5.92 Å². The number of anilines is 1. The molecular formula is C16H24N2O2. The molecule has 110 valence electrons. The van der Waals surface area contributed by atoms with Crippen molar-refractivity contribution >= 4 is 11.6 Å². The van der Waals surface area contributed by atoms with Crippen LogP contribution in [0.15, 0.2) is 24.3 Å². The number of benzene rings is 1. The zero-order valence-electron chi connectivity index (χ0n) is 12.4. The van der Waals surface area contributed by atoms with Crippen LogP contribution < -0.4 is 10.1 Å². The average molecular weight is 276 g/mol. The third kappa shape index (κ3) is 4.23. The van der Waals surface area contributed by atoms with Crippen molar-refractivity contribution in [1.82, 2.24) is 4.90 Å². The van der Waals surface area contributed by atoms with E-state index in [-0.39, 0.29) is 11.8 Å². The van der Waals surface area contributed by atoms with Gasteiger partial charge in [0.1, 0.15) is 12.4 Å². The smallest absolute Gasteiger partial charge is 0.227 e. The third-order valence-corrected chi connectivity index (χ3v) is 3.65. The second-order valence-electron chi connectivity index (χ2n) is 5.14. The lowest BCUT2D eigenvalue weighted by Crippen LogP contribution is -2.28. The van der Waals surface area contributed by atoms with Crippen LogP contribution in [-0.2, 0) is 4.79 Å². The number of carbonyl (C=O) groups excluding carboxylic acids is 1. The van der Waals surface area contributed by atoms with E-state index in [4.69, 9.17) is 4.74 Å². The number of rotatable bonds is 8. The molecule has 0 atom stereocenters. The van der Waals surface area contributed by atoms with E-state index in [1.54, 1.807) is 0 Å². The summed E-state index contributed by atoms with van der Waals surface area (Å²) in [6.45, 7) is 7.89. The quantitative estimate of drug-likeness (QED) is 0.794. The SMILES string of the molecule is CCN(CC)CCOc1ccccc1NC(=O)C1CC1. The van der Waals surface area contributed by atoms with Crippen LogP contribution in [0.2, 0.25) is 0 Å². The predicted molar refractivity (Wildman–Crippen MR) is 81.1 cm³/mol. The molecule has 1 N–H and O–H groups in total. The maximum Gasteiger partial charge on any atom is 0.227 e. The second kappa shape index (κ2) is 7.29. The van der Waals surface area contributed by atoms with Gasteiger partial charge in [-0.15, -0.1) is 0 Å². The van der Waals surface area contributed by atoms with Gasteiger partial charge in [-0.25, -0.2) is 0 Å². The topological polar surface area (TPSA) is 41.6 Å². The summed E-state index contributed by atoms with van der Waals surface area (Å²) in [4.78, 5) is 14.1. The van der Waals surface area contributed by atoms with E-state index in [0.29, 0.717) is 6.61 Å². The first-order chi connectivity index (χ1) is 9.74. The Hall–Kier alpha value is -1.55. The first kappa shape index (κ1) is 14.9. The summed E-state index contributed by atoms with van der Waals surface area (Å²) in [7, 11) is 0. The summed E-state index contributed by atoms with van der Waals surface area (Å²) < 4.78 is 5.82. The molecule has 1 amide bonds. The zero-order valence-corrected chi connectivity index (χ0v) is 12.4. The Morgan fingerprint density at radius 3 is 2.65 bits per heavy atom. The normalized spacial score (nSPS) is 14.3. The summed E-state index contributed by atoms with van der Waals surface area (Å²) in [5.41, 5.74) is 0.781. The highest BCUT2D eigenvalue weighted by Crippen LogP contribution is 2.32.